The van der Waals surface area contributed by atoms with Crippen molar-refractivity contribution < 1.29 is 8.85 Å². The SMILES string of the molecule is CCCCCCCO[Si](C)(C)OCCC. The van der Waals surface area contributed by atoms with Crippen LogP contribution in [0, 0.1) is 0 Å². The van der Waals surface area contributed by atoms with Gasteiger partial charge in [0.05, 0.1) is 0 Å². The highest BCUT2D eigenvalue weighted by Gasteiger charge is 2.23. The van der Waals surface area contributed by atoms with Gasteiger partial charge in [0.1, 0.15) is 0 Å². The van der Waals surface area contributed by atoms with Crippen molar-refractivity contribution in [1.82, 2.24) is 0 Å². The van der Waals surface area contributed by atoms with Crippen molar-refractivity contribution in [2.75, 3.05) is 13.2 Å². The molecule has 0 spiro atoms. The molecule has 92 valence electrons. The second-order valence-corrected chi connectivity index (χ2v) is 7.89. The van der Waals surface area contributed by atoms with E-state index < -0.39 is 8.56 Å². The number of rotatable bonds is 10. The van der Waals surface area contributed by atoms with E-state index in [0.29, 0.717) is 0 Å². The van der Waals surface area contributed by atoms with Gasteiger partial charge in [-0.3, -0.25) is 0 Å². The van der Waals surface area contributed by atoms with Gasteiger partial charge in [0.2, 0.25) is 0 Å². The Hall–Kier alpha value is 0.137. The molecule has 0 aromatic carbocycles. The maximum atomic E-state index is 5.83. The summed E-state index contributed by atoms with van der Waals surface area (Å²) < 4.78 is 11.6. The first-order valence-corrected chi connectivity index (χ1v) is 9.22. The van der Waals surface area contributed by atoms with Crippen molar-refractivity contribution in [3.63, 3.8) is 0 Å². The molecule has 0 atom stereocenters. The fourth-order valence-electron chi connectivity index (χ4n) is 1.41. The standard InChI is InChI=1S/C12H28O2Si/c1-5-7-8-9-10-12-14-15(3,4)13-11-6-2/h5-12H2,1-4H3. The summed E-state index contributed by atoms with van der Waals surface area (Å²) in [7, 11) is -1.79. The topological polar surface area (TPSA) is 18.5 Å². The molecule has 15 heavy (non-hydrogen) atoms. The number of unbranched alkanes of at least 4 members (excludes halogenated alkanes) is 4. The van der Waals surface area contributed by atoms with Crippen LogP contribution in [0.1, 0.15) is 52.4 Å². The predicted molar refractivity (Wildman–Crippen MR) is 68.4 cm³/mol. The fourth-order valence-corrected chi connectivity index (χ4v) is 2.83. The smallest absolute Gasteiger partial charge is 0.331 e. The zero-order valence-electron chi connectivity index (χ0n) is 11.0. The molecule has 0 amide bonds. The summed E-state index contributed by atoms with van der Waals surface area (Å²) in [5.74, 6) is 0. The molecule has 0 aromatic rings. The van der Waals surface area contributed by atoms with Crippen LogP contribution in [0.4, 0.5) is 0 Å². The summed E-state index contributed by atoms with van der Waals surface area (Å²) in [5.41, 5.74) is 0. The second-order valence-electron chi connectivity index (χ2n) is 4.51. The average Bonchev–Trinajstić information content (AvgIpc) is 2.20. The lowest BCUT2D eigenvalue weighted by Crippen LogP contribution is -2.35. The van der Waals surface area contributed by atoms with Gasteiger partial charge in [0.15, 0.2) is 0 Å². The number of hydrogen-bond donors (Lipinski definition) is 0. The van der Waals surface area contributed by atoms with E-state index in [0.717, 1.165) is 19.6 Å². The van der Waals surface area contributed by atoms with Gasteiger partial charge < -0.3 is 8.85 Å². The Morgan fingerprint density at radius 3 is 1.93 bits per heavy atom. The molecule has 0 N–H and O–H groups in total. The maximum absolute atomic E-state index is 5.83. The third kappa shape index (κ3) is 10.4. The van der Waals surface area contributed by atoms with E-state index in [1.807, 2.05) is 0 Å². The third-order valence-corrected chi connectivity index (χ3v) is 4.15. The van der Waals surface area contributed by atoms with Crippen molar-refractivity contribution in [1.29, 1.82) is 0 Å². The summed E-state index contributed by atoms with van der Waals surface area (Å²) in [4.78, 5) is 0. The third-order valence-electron chi connectivity index (χ3n) is 2.35. The first-order valence-electron chi connectivity index (χ1n) is 6.40. The molecule has 0 aromatic heterocycles. The van der Waals surface area contributed by atoms with Crippen LogP contribution in [0.5, 0.6) is 0 Å². The lowest BCUT2D eigenvalue weighted by molar-refractivity contribution is 0.176. The molecule has 0 radical (unpaired) electrons. The van der Waals surface area contributed by atoms with E-state index in [1.54, 1.807) is 0 Å². The fraction of sp³-hybridized carbons (Fsp3) is 1.00. The van der Waals surface area contributed by atoms with Gasteiger partial charge in [-0.15, -0.1) is 0 Å². The van der Waals surface area contributed by atoms with Gasteiger partial charge in [-0.1, -0.05) is 39.5 Å². The molecule has 0 saturated heterocycles. The second kappa shape index (κ2) is 9.37. The first-order chi connectivity index (χ1) is 7.12. The predicted octanol–water partition coefficient (Wildman–Crippen LogP) is 4.10. The van der Waals surface area contributed by atoms with Crippen LogP contribution in [-0.4, -0.2) is 21.8 Å². The van der Waals surface area contributed by atoms with E-state index in [4.69, 9.17) is 8.85 Å². The Bertz CT molecular complexity index is 138. The van der Waals surface area contributed by atoms with E-state index in [-0.39, 0.29) is 0 Å². The van der Waals surface area contributed by atoms with Crippen LogP contribution in [0.15, 0.2) is 0 Å². The largest absolute Gasteiger partial charge is 0.395 e. The Morgan fingerprint density at radius 2 is 1.33 bits per heavy atom. The van der Waals surface area contributed by atoms with Crippen LogP contribution in [0.25, 0.3) is 0 Å². The molecule has 0 fully saturated rings. The first kappa shape index (κ1) is 15.1. The van der Waals surface area contributed by atoms with Crippen molar-refractivity contribution in [2.24, 2.45) is 0 Å². The molecule has 0 rings (SSSR count). The summed E-state index contributed by atoms with van der Waals surface area (Å²) in [5, 5.41) is 0. The van der Waals surface area contributed by atoms with Crippen molar-refractivity contribution in [3.8, 4) is 0 Å². The summed E-state index contributed by atoms with van der Waals surface area (Å²) in [6.07, 6.45) is 7.57. The Kier molecular flexibility index (Phi) is 9.45. The zero-order valence-corrected chi connectivity index (χ0v) is 12.0. The van der Waals surface area contributed by atoms with E-state index in [1.165, 1.54) is 32.1 Å². The molecule has 0 bridgehead atoms. The molecule has 0 heterocycles. The molecule has 0 aliphatic heterocycles. The Morgan fingerprint density at radius 1 is 0.733 bits per heavy atom. The van der Waals surface area contributed by atoms with Crippen molar-refractivity contribution in [2.45, 2.75) is 65.5 Å². The minimum Gasteiger partial charge on any atom is -0.395 e. The van der Waals surface area contributed by atoms with Crippen LogP contribution >= 0.6 is 0 Å². The highest BCUT2D eigenvalue weighted by atomic mass is 28.4. The Balaban J connectivity index is 3.32. The van der Waals surface area contributed by atoms with Gasteiger partial charge in [-0.2, -0.15) is 0 Å². The van der Waals surface area contributed by atoms with Crippen LogP contribution < -0.4 is 0 Å². The quantitative estimate of drug-likeness (QED) is 0.417. The minimum absolute atomic E-state index is 0.842. The van der Waals surface area contributed by atoms with Crippen LogP contribution in [0.3, 0.4) is 0 Å². The zero-order chi connectivity index (χ0) is 11.6. The van der Waals surface area contributed by atoms with Gasteiger partial charge in [-0.25, -0.2) is 0 Å². The average molecular weight is 232 g/mol. The lowest BCUT2D eigenvalue weighted by atomic mass is 10.2. The monoisotopic (exact) mass is 232 g/mol. The highest BCUT2D eigenvalue weighted by Crippen LogP contribution is 2.09. The Labute approximate surface area is 96.6 Å². The summed E-state index contributed by atoms with van der Waals surface area (Å²) >= 11 is 0. The molecule has 0 aliphatic carbocycles. The van der Waals surface area contributed by atoms with E-state index in [2.05, 4.69) is 26.9 Å². The number of hydrogen-bond acceptors (Lipinski definition) is 2. The molecule has 0 saturated carbocycles. The highest BCUT2D eigenvalue weighted by molar-refractivity contribution is 6.64. The molecule has 0 aliphatic rings. The van der Waals surface area contributed by atoms with Gasteiger partial charge in [0.25, 0.3) is 0 Å². The maximum Gasteiger partial charge on any atom is 0.331 e. The van der Waals surface area contributed by atoms with Gasteiger partial charge >= 0.3 is 8.56 Å². The normalized spacial score (nSPS) is 12.0. The van der Waals surface area contributed by atoms with Crippen molar-refractivity contribution in [3.05, 3.63) is 0 Å². The lowest BCUT2D eigenvalue weighted by Gasteiger charge is -2.22. The molecule has 0 unspecified atom stereocenters. The molecular weight excluding hydrogens is 204 g/mol. The summed E-state index contributed by atoms with van der Waals surface area (Å²) in [6, 6.07) is 0. The van der Waals surface area contributed by atoms with E-state index in [9.17, 15) is 0 Å². The molecule has 3 heteroatoms. The molecule has 2 nitrogen and oxygen atoms in total. The summed E-state index contributed by atoms with van der Waals surface area (Å²) in [6.45, 7) is 10.4. The van der Waals surface area contributed by atoms with Crippen molar-refractivity contribution >= 4 is 8.56 Å². The van der Waals surface area contributed by atoms with Crippen LogP contribution in [0.2, 0.25) is 13.1 Å². The minimum atomic E-state index is -1.79. The van der Waals surface area contributed by atoms with Gasteiger partial charge in [0, 0.05) is 13.2 Å². The molecular formula is C12H28O2Si. The van der Waals surface area contributed by atoms with Crippen LogP contribution in [-0.2, 0) is 8.85 Å². The van der Waals surface area contributed by atoms with E-state index >= 15 is 0 Å². The van der Waals surface area contributed by atoms with Gasteiger partial charge in [-0.05, 0) is 25.9 Å².